The van der Waals surface area contributed by atoms with E-state index in [0.717, 1.165) is 25.7 Å². The number of nitrogens with zero attached hydrogens (tertiary/aromatic N) is 1. The van der Waals surface area contributed by atoms with Crippen LogP contribution in [0.3, 0.4) is 0 Å². The highest BCUT2D eigenvalue weighted by molar-refractivity contribution is 7.92. The van der Waals surface area contributed by atoms with Crippen LogP contribution in [0.25, 0.3) is 0 Å². The summed E-state index contributed by atoms with van der Waals surface area (Å²) in [6.45, 7) is 4.46. The van der Waals surface area contributed by atoms with Gasteiger partial charge in [0.15, 0.2) is 0 Å². The van der Waals surface area contributed by atoms with Crippen LogP contribution >= 0.6 is 12.2 Å². The smallest absolute Gasteiger partial charge is 0.220 e. The highest BCUT2D eigenvalue weighted by atomic mass is 32.2. The molecule has 1 aliphatic carbocycles. The van der Waals surface area contributed by atoms with Gasteiger partial charge in [0.2, 0.25) is 10.0 Å². The van der Waals surface area contributed by atoms with Crippen LogP contribution in [0.15, 0.2) is 0 Å². The first kappa shape index (κ1) is 14.9. The van der Waals surface area contributed by atoms with Crippen LogP contribution in [-0.2, 0) is 10.0 Å². The van der Waals surface area contributed by atoms with Crippen molar-refractivity contribution in [1.82, 2.24) is 4.31 Å². The average Bonchev–Trinajstić information content (AvgIpc) is 2.14. The van der Waals surface area contributed by atoms with Gasteiger partial charge in [-0.1, -0.05) is 26.1 Å². The average molecular weight is 278 g/mol. The van der Waals surface area contributed by atoms with Crippen molar-refractivity contribution in [2.75, 3.05) is 12.8 Å². The number of hydrogen-bond acceptors (Lipinski definition) is 3. The summed E-state index contributed by atoms with van der Waals surface area (Å²) >= 11 is 4.67. The van der Waals surface area contributed by atoms with E-state index in [4.69, 9.17) is 5.73 Å². The molecule has 2 N–H and O–H groups in total. The molecule has 0 saturated heterocycles. The van der Waals surface area contributed by atoms with Crippen LogP contribution < -0.4 is 5.73 Å². The molecule has 0 spiro atoms. The molecule has 17 heavy (non-hydrogen) atoms. The fourth-order valence-electron chi connectivity index (χ4n) is 2.26. The molecule has 100 valence electrons. The fraction of sp³-hybridized carbons (Fsp3) is 0.909. The zero-order valence-corrected chi connectivity index (χ0v) is 12.4. The van der Waals surface area contributed by atoms with E-state index in [1.807, 2.05) is 0 Å². The van der Waals surface area contributed by atoms with Gasteiger partial charge in [-0.25, -0.2) is 12.7 Å². The number of thiocarbonyl (C=S) groups is 1. The number of hydrogen-bond donors (Lipinski definition) is 1. The largest absolute Gasteiger partial charge is 0.392 e. The molecular weight excluding hydrogens is 256 g/mol. The molecule has 0 aromatic carbocycles. The molecule has 0 atom stereocenters. The molecule has 6 heteroatoms. The quantitative estimate of drug-likeness (QED) is 0.792. The maximum Gasteiger partial charge on any atom is 0.220 e. The second-order valence-corrected chi connectivity index (χ2v) is 8.19. The Labute approximate surface area is 110 Å². The molecule has 0 unspecified atom stereocenters. The van der Waals surface area contributed by atoms with Crippen molar-refractivity contribution in [3.05, 3.63) is 0 Å². The molecule has 0 amide bonds. The SMILES string of the molecule is CN(C1CCC(C)(C)CC1)S(=O)(=O)CC(N)=S. The van der Waals surface area contributed by atoms with Crippen LogP contribution in [0.5, 0.6) is 0 Å². The summed E-state index contributed by atoms with van der Waals surface area (Å²) in [6.07, 6.45) is 3.95. The van der Waals surface area contributed by atoms with Gasteiger partial charge < -0.3 is 5.73 Å². The monoisotopic (exact) mass is 278 g/mol. The summed E-state index contributed by atoms with van der Waals surface area (Å²) in [5.74, 6) is -0.223. The Bertz CT molecular complexity index is 380. The molecule has 1 saturated carbocycles. The molecule has 0 radical (unpaired) electrons. The molecule has 1 fully saturated rings. The van der Waals surface area contributed by atoms with E-state index in [2.05, 4.69) is 26.1 Å². The molecule has 4 nitrogen and oxygen atoms in total. The van der Waals surface area contributed by atoms with Crippen LogP contribution in [0.2, 0.25) is 0 Å². The molecule has 0 aromatic rings. The molecular formula is C11H22N2O2S2. The first-order chi connectivity index (χ1) is 7.64. The van der Waals surface area contributed by atoms with Gasteiger partial charge in [0.05, 0.1) is 4.99 Å². The molecule has 0 aromatic heterocycles. The Morgan fingerprint density at radius 1 is 1.41 bits per heavy atom. The van der Waals surface area contributed by atoms with E-state index in [-0.39, 0.29) is 16.8 Å². The van der Waals surface area contributed by atoms with Gasteiger partial charge >= 0.3 is 0 Å². The van der Waals surface area contributed by atoms with E-state index in [1.165, 1.54) is 4.31 Å². The lowest BCUT2D eigenvalue weighted by molar-refractivity contribution is 0.174. The van der Waals surface area contributed by atoms with E-state index in [1.54, 1.807) is 7.05 Å². The second kappa shape index (κ2) is 5.20. The standard InChI is InChI=1S/C11H22N2O2S2/c1-11(2)6-4-9(5-7-11)13(3)17(14,15)8-10(12)16/h9H,4-8H2,1-3H3,(H2,12,16). The Morgan fingerprint density at radius 3 is 2.29 bits per heavy atom. The summed E-state index contributed by atoms with van der Waals surface area (Å²) in [6, 6.07) is 0.0994. The third-order valence-electron chi connectivity index (χ3n) is 3.59. The van der Waals surface area contributed by atoms with Crippen molar-refractivity contribution in [3.8, 4) is 0 Å². The highest BCUT2D eigenvalue weighted by Gasteiger charge is 2.33. The zero-order chi connectivity index (χ0) is 13.3. The summed E-state index contributed by atoms with van der Waals surface area (Å²) in [7, 11) is -1.69. The Kier molecular flexibility index (Phi) is 4.54. The lowest BCUT2D eigenvalue weighted by Gasteiger charge is -2.38. The van der Waals surface area contributed by atoms with Crippen LogP contribution in [0, 0.1) is 5.41 Å². The minimum atomic E-state index is -3.33. The highest BCUT2D eigenvalue weighted by Crippen LogP contribution is 2.37. The second-order valence-electron chi connectivity index (χ2n) is 5.63. The zero-order valence-electron chi connectivity index (χ0n) is 10.8. The Hall–Kier alpha value is -0.200. The van der Waals surface area contributed by atoms with Crippen molar-refractivity contribution in [2.45, 2.75) is 45.6 Å². The van der Waals surface area contributed by atoms with Crippen molar-refractivity contribution >= 4 is 27.2 Å². The van der Waals surface area contributed by atoms with E-state index in [0.29, 0.717) is 5.41 Å². The summed E-state index contributed by atoms with van der Waals surface area (Å²) in [4.78, 5) is 0.0352. The van der Waals surface area contributed by atoms with Crippen molar-refractivity contribution in [3.63, 3.8) is 0 Å². The summed E-state index contributed by atoms with van der Waals surface area (Å²) in [5, 5.41) is 0. The van der Waals surface area contributed by atoms with Gasteiger partial charge in [0.1, 0.15) is 5.75 Å². The van der Waals surface area contributed by atoms with Crippen molar-refractivity contribution in [2.24, 2.45) is 11.1 Å². The van der Waals surface area contributed by atoms with Gasteiger partial charge in [-0.3, -0.25) is 0 Å². The third kappa shape index (κ3) is 4.19. The number of nitrogens with two attached hydrogens (primary N) is 1. The third-order valence-corrected chi connectivity index (χ3v) is 5.76. The predicted molar refractivity (Wildman–Crippen MR) is 74.4 cm³/mol. The maximum atomic E-state index is 12.0. The molecule has 0 bridgehead atoms. The Morgan fingerprint density at radius 2 is 1.88 bits per heavy atom. The van der Waals surface area contributed by atoms with Crippen LogP contribution in [-0.4, -0.2) is 36.6 Å². The van der Waals surface area contributed by atoms with E-state index < -0.39 is 10.0 Å². The van der Waals surface area contributed by atoms with Gasteiger partial charge in [0.25, 0.3) is 0 Å². The van der Waals surface area contributed by atoms with Gasteiger partial charge in [-0.15, -0.1) is 0 Å². The predicted octanol–water partition coefficient (Wildman–Crippen LogP) is 1.50. The topological polar surface area (TPSA) is 63.4 Å². The van der Waals surface area contributed by atoms with E-state index >= 15 is 0 Å². The molecule has 1 aliphatic rings. The fourth-order valence-corrected chi connectivity index (χ4v) is 3.93. The van der Waals surface area contributed by atoms with Gasteiger partial charge in [0, 0.05) is 13.1 Å². The molecule has 0 aliphatic heterocycles. The lowest BCUT2D eigenvalue weighted by Crippen LogP contribution is -2.43. The first-order valence-electron chi connectivity index (χ1n) is 5.88. The summed E-state index contributed by atoms with van der Waals surface area (Å²) in [5.41, 5.74) is 5.65. The Balaban J connectivity index is 2.66. The number of sulfonamides is 1. The van der Waals surface area contributed by atoms with Crippen LogP contribution in [0.4, 0.5) is 0 Å². The van der Waals surface area contributed by atoms with Gasteiger partial charge in [-0.05, 0) is 31.1 Å². The summed E-state index contributed by atoms with van der Waals surface area (Å²) < 4.78 is 25.4. The minimum Gasteiger partial charge on any atom is -0.392 e. The first-order valence-corrected chi connectivity index (χ1v) is 7.90. The van der Waals surface area contributed by atoms with E-state index in [9.17, 15) is 8.42 Å². The lowest BCUT2D eigenvalue weighted by atomic mass is 9.76. The molecule has 0 heterocycles. The van der Waals surface area contributed by atoms with Crippen molar-refractivity contribution in [1.29, 1.82) is 0 Å². The maximum absolute atomic E-state index is 12.0. The van der Waals surface area contributed by atoms with Gasteiger partial charge in [-0.2, -0.15) is 0 Å². The van der Waals surface area contributed by atoms with Crippen molar-refractivity contribution < 1.29 is 8.42 Å². The normalized spacial score (nSPS) is 21.6. The van der Waals surface area contributed by atoms with Crippen LogP contribution in [0.1, 0.15) is 39.5 Å². The minimum absolute atomic E-state index is 0.0352. The molecule has 1 rings (SSSR count). The number of rotatable bonds is 4.